The Hall–Kier alpha value is -0.710. The zero-order valence-electron chi connectivity index (χ0n) is 8.00. The summed E-state index contributed by atoms with van der Waals surface area (Å²) in [7, 11) is 1.88. The van der Waals surface area contributed by atoms with Gasteiger partial charge in [-0.3, -0.25) is 0 Å². The predicted octanol–water partition coefficient (Wildman–Crippen LogP) is 1.16. The molecule has 0 bridgehead atoms. The number of allylic oxidation sites excluding steroid dienone is 3. The molecule has 3 nitrogen and oxygen atoms in total. The fourth-order valence-corrected chi connectivity index (χ4v) is 1.36. The molecule has 0 aromatic rings. The highest BCUT2D eigenvalue weighted by molar-refractivity contribution is 7.81. The molecule has 0 aliphatic heterocycles. The molecule has 1 aliphatic carbocycles. The summed E-state index contributed by atoms with van der Waals surface area (Å²) in [6.45, 7) is 2.96. The maximum Gasteiger partial charge on any atom is 0.0391 e. The first-order valence-electron chi connectivity index (χ1n) is 4.39. The van der Waals surface area contributed by atoms with Crippen molar-refractivity contribution >= 4 is 17.1 Å². The van der Waals surface area contributed by atoms with E-state index >= 15 is 0 Å². The third-order valence-electron chi connectivity index (χ3n) is 1.80. The van der Waals surface area contributed by atoms with Gasteiger partial charge in [0.25, 0.3) is 0 Å². The molecule has 1 aliphatic rings. The maximum atomic E-state index is 5.07. The Morgan fingerprint density at radius 1 is 1.62 bits per heavy atom. The Morgan fingerprint density at radius 3 is 2.92 bits per heavy atom. The lowest BCUT2D eigenvalue weighted by atomic mass is 10.1. The van der Waals surface area contributed by atoms with E-state index in [1.165, 1.54) is 0 Å². The first-order valence-corrected chi connectivity index (χ1v) is 4.79. The van der Waals surface area contributed by atoms with Gasteiger partial charge >= 0.3 is 0 Å². The van der Waals surface area contributed by atoms with Crippen molar-refractivity contribution in [2.75, 3.05) is 13.6 Å². The Balaban J connectivity index is 2.49. The number of hydrogen-bond acceptors (Lipinski definition) is 4. The number of nitrogens with zero attached hydrogens (tertiary/aromatic N) is 1. The summed E-state index contributed by atoms with van der Waals surface area (Å²) < 4.78 is 0. The molecule has 0 aromatic heterocycles. The van der Waals surface area contributed by atoms with Gasteiger partial charge in [0.15, 0.2) is 0 Å². The molecule has 0 atom stereocenters. The highest BCUT2D eigenvalue weighted by Gasteiger charge is 2.04. The van der Waals surface area contributed by atoms with Crippen LogP contribution in [0.25, 0.3) is 0 Å². The Morgan fingerprint density at radius 2 is 2.38 bits per heavy atom. The van der Waals surface area contributed by atoms with Gasteiger partial charge in [0.2, 0.25) is 0 Å². The third kappa shape index (κ3) is 3.26. The van der Waals surface area contributed by atoms with Gasteiger partial charge < -0.3 is 5.43 Å². The highest BCUT2D eigenvalue weighted by atomic mass is 32.1. The zero-order chi connectivity index (χ0) is 9.68. The van der Waals surface area contributed by atoms with Gasteiger partial charge in [-0.05, 0) is 19.1 Å². The fraction of sp³-hybridized carbons (Fsp3) is 0.444. The molecule has 1 rings (SSSR count). The molecule has 0 amide bonds. The minimum absolute atomic E-state index is 0.876. The monoisotopic (exact) mass is 197 g/mol. The third-order valence-corrected chi connectivity index (χ3v) is 2.06. The van der Waals surface area contributed by atoms with Crippen LogP contribution in [0.2, 0.25) is 0 Å². The summed E-state index contributed by atoms with van der Waals surface area (Å²) in [4.78, 5) is 0.876. The van der Waals surface area contributed by atoms with Gasteiger partial charge in [0.1, 0.15) is 0 Å². The quantitative estimate of drug-likeness (QED) is 0.522. The molecule has 0 saturated heterocycles. The number of nitrogens with one attached hydrogen (secondary N) is 2. The van der Waals surface area contributed by atoms with Gasteiger partial charge in [-0.15, -0.1) is 0 Å². The standard InChI is InChI=1S/C9H15N3S/c1-3-12(10-2)11-8-5-4-6-9(13)7-8/h4,6-7,10-11H,3,5H2,1-2H3. The molecular weight excluding hydrogens is 182 g/mol. The van der Waals surface area contributed by atoms with E-state index < -0.39 is 0 Å². The van der Waals surface area contributed by atoms with Crippen molar-refractivity contribution in [1.82, 2.24) is 16.0 Å². The van der Waals surface area contributed by atoms with Crippen molar-refractivity contribution < 1.29 is 0 Å². The molecule has 0 unspecified atom stereocenters. The van der Waals surface area contributed by atoms with Crippen LogP contribution in [0, 0.1) is 0 Å². The summed E-state index contributed by atoms with van der Waals surface area (Å²) in [6.07, 6.45) is 6.91. The van der Waals surface area contributed by atoms with E-state index in [9.17, 15) is 0 Å². The van der Waals surface area contributed by atoms with E-state index in [4.69, 9.17) is 12.2 Å². The van der Waals surface area contributed by atoms with Crippen molar-refractivity contribution in [3.63, 3.8) is 0 Å². The lowest BCUT2D eigenvalue weighted by Gasteiger charge is -2.23. The summed E-state index contributed by atoms with van der Waals surface area (Å²) in [5.74, 6) is 0. The Kier molecular flexibility index (Phi) is 4.08. The SMILES string of the molecule is CCN(NC)NC1=CC(=S)C=CC1. The predicted molar refractivity (Wildman–Crippen MR) is 59.0 cm³/mol. The number of rotatable bonds is 4. The minimum atomic E-state index is 0.876. The van der Waals surface area contributed by atoms with Crippen molar-refractivity contribution in [2.45, 2.75) is 13.3 Å². The van der Waals surface area contributed by atoms with Crippen LogP contribution in [0.3, 0.4) is 0 Å². The molecule has 0 saturated carbocycles. The van der Waals surface area contributed by atoms with E-state index in [1.54, 1.807) is 0 Å². The van der Waals surface area contributed by atoms with Gasteiger partial charge in [-0.2, -0.15) is 5.12 Å². The lowest BCUT2D eigenvalue weighted by Crippen LogP contribution is -2.45. The lowest BCUT2D eigenvalue weighted by molar-refractivity contribution is 0.158. The van der Waals surface area contributed by atoms with Crippen LogP contribution >= 0.6 is 12.2 Å². The smallest absolute Gasteiger partial charge is 0.0391 e. The molecule has 0 radical (unpaired) electrons. The first kappa shape index (κ1) is 10.4. The zero-order valence-corrected chi connectivity index (χ0v) is 8.82. The number of thiocarbonyl (C=S) groups is 1. The average molecular weight is 197 g/mol. The number of hydrogen-bond donors (Lipinski definition) is 2. The van der Waals surface area contributed by atoms with E-state index in [0.717, 1.165) is 23.5 Å². The Bertz CT molecular complexity index is 241. The largest absolute Gasteiger partial charge is 0.309 e. The first-order chi connectivity index (χ1) is 6.26. The molecule has 2 N–H and O–H groups in total. The van der Waals surface area contributed by atoms with Gasteiger partial charge in [-0.25, -0.2) is 5.43 Å². The van der Waals surface area contributed by atoms with Crippen LogP contribution in [0.4, 0.5) is 0 Å². The molecule has 13 heavy (non-hydrogen) atoms. The van der Waals surface area contributed by atoms with Crippen LogP contribution in [0.1, 0.15) is 13.3 Å². The van der Waals surface area contributed by atoms with Crippen LogP contribution < -0.4 is 10.9 Å². The van der Waals surface area contributed by atoms with Crippen LogP contribution in [-0.4, -0.2) is 23.6 Å². The molecule has 0 aromatic carbocycles. The summed E-state index contributed by atoms with van der Waals surface area (Å²) >= 11 is 5.07. The van der Waals surface area contributed by atoms with Crippen molar-refractivity contribution in [1.29, 1.82) is 0 Å². The molecule has 0 heterocycles. The second-order valence-corrected chi connectivity index (χ2v) is 3.23. The Labute approximate surface area is 84.4 Å². The van der Waals surface area contributed by atoms with Gasteiger partial charge in [-0.1, -0.05) is 18.3 Å². The van der Waals surface area contributed by atoms with Crippen LogP contribution in [0.5, 0.6) is 0 Å². The van der Waals surface area contributed by atoms with E-state index in [-0.39, 0.29) is 0 Å². The second-order valence-electron chi connectivity index (χ2n) is 2.76. The molecular formula is C9H15N3S. The molecule has 0 fully saturated rings. The van der Waals surface area contributed by atoms with Gasteiger partial charge in [0.05, 0.1) is 0 Å². The molecule has 72 valence electrons. The van der Waals surface area contributed by atoms with Gasteiger partial charge in [0, 0.05) is 30.6 Å². The van der Waals surface area contributed by atoms with Crippen molar-refractivity contribution in [3.8, 4) is 0 Å². The maximum absolute atomic E-state index is 5.07. The number of hydrazine groups is 2. The second kappa shape index (κ2) is 5.11. The van der Waals surface area contributed by atoms with E-state index in [0.29, 0.717) is 0 Å². The summed E-state index contributed by atoms with van der Waals surface area (Å²) in [5.41, 5.74) is 7.39. The molecule has 0 spiro atoms. The van der Waals surface area contributed by atoms with Crippen LogP contribution in [-0.2, 0) is 0 Å². The summed E-state index contributed by atoms with van der Waals surface area (Å²) in [6, 6.07) is 0. The average Bonchev–Trinajstić information content (AvgIpc) is 2.14. The molecule has 4 heteroatoms. The van der Waals surface area contributed by atoms with Crippen molar-refractivity contribution in [3.05, 3.63) is 23.9 Å². The van der Waals surface area contributed by atoms with Crippen molar-refractivity contribution in [2.24, 2.45) is 0 Å². The topological polar surface area (TPSA) is 27.3 Å². The van der Waals surface area contributed by atoms with E-state index in [2.05, 4.69) is 23.9 Å². The van der Waals surface area contributed by atoms with E-state index in [1.807, 2.05) is 24.3 Å². The summed E-state index contributed by atoms with van der Waals surface area (Å²) in [5, 5.41) is 1.91. The van der Waals surface area contributed by atoms with Crippen LogP contribution in [0.15, 0.2) is 23.9 Å². The highest BCUT2D eigenvalue weighted by Crippen LogP contribution is 2.06. The fourth-order valence-electron chi connectivity index (χ4n) is 1.13. The normalized spacial score (nSPS) is 16.2. The minimum Gasteiger partial charge on any atom is -0.309 e.